The van der Waals surface area contributed by atoms with Crippen molar-refractivity contribution in [1.82, 2.24) is 14.7 Å². The van der Waals surface area contributed by atoms with Crippen LogP contribution in [-0.4, -0.2) is 45.4 Å². The van der Waals surface area contributed by atoms with Crippen LogP contribution in [0.3, 0.4) is 0 Å². The molecule has 2 amide bonds. The molecule has 0 aliphatic heterocycles. The van der Waals surface area contributed by atoms with Crippen molar-refractivity contribution in [2.45, 2.75) is 26.7 Å². The highest BCUT2D eigenvalue weighted by atomic mass is 19.1. The van der Waals surface area contributed by atoms with E-state index in [1.54, 1.807) is 37.0 Å². The summed E-state index contributed by atoms with van der Waals surface area (Å²) in [7, 11) is 1.54. The van der Waals surface area contributed by atoms with Crippen LogP contribution in [0.1, 0.15) is 26.0 Å². The molecule has 1 aromatic carbocycles. The highest BCUT2D eigenvalue weighted by molar-refractivity contribution is 5.90. The maximum Gasteiger partial charge on any atom is 0.321 e. The zero-order chi connectivity index (χ0) is 19.3. The van der Waals surface area contributed by atoms with Gasteiger partial charge < -0.3 is 15.3 Å². The summed E-state index contributed by atoms with van der Waals surface area (Å²) >= 11 is 0. The highest BCUT2D eigenvalue weighted by Gasteiger charge is 2.20. The summed E-state index contributed by atoms with van der Waals surface area (Å²) in [5.41, 5.74) is 2.05. The van der Waals surface area contributed by atoms with Crippen molar-refractivity contribution in [3.63, 3.8) is 0 Å². The maximum atomic E-state index is 13.1. The Morgan fingerprint density at radius 3 is 2.58 bits per heavy atom. The molecular formula is C18H23FN4O3. The number of hydrogen-bond acceptors (Lipinski definition) is 3. The molecule has 1 heterocycles. The molecule has 0 saturated carbocycles. The molecule has 0 spiro atoms. The van der Waals surface area contributed by atoms with E-state index in [1.165, 1.54) is 17.0 Å². The molecule has 1 aromatic heterocycles. The summed E-state index contributed by atoms with van der Waals surface area (Å²) in [6, 6.07) is 5.54. The summed E-state index contributed by atoms with van der Waals surface area (Å²) in [6.07, 6.45) is 3.05. The third-order valence-electron chi connectivity index (χ3n) is 3.98. The largest absolute Gasteiger partial charge is 0.481 e. The Labute approximate surface area is 151 Å². The van der Waals surface area contributed by atoms with Crippen LogP contribution >= 0.6 is 0 Å². The van der Waals surface area contributed by atoms with E-state index < -0.39 is 17.9 Å². The van der Waals surface area contributed by atoms with Gasteiger partial charge in [-0.3, -0.25) is 4.79 Å². The number of benzene rings is 1. The van der Waals surface area contributed by atoms with E-state index in [4.69, 9.17) is 5.11 Å². The van der Waals surface area contributed by atoms with Crippen LogP contribution in [0.25, 0.3) is 5.69 Å². The van der Waals surface area contributed by atoms with Gasteiger partial charge in [0.05, 0.1) is 29.2 Å². The summed E-state index contributed by atoms with van der Waals surface area (Å²) in [6.45, 7) is 3.64. The van der Waals surface area contributed by atoms with Gasteiger partial charge in [0.1, 0.15) is 5.82 Å². The summed E-state index contributed by atoms with van der Waals surface area (Å²) in [5.74, 6) is -1.95. The average Bonchev–Trinajstić information content (AvgIpc) is 2.98. The van der Waals surface area contributed by atoms with Gasteiger partial charge in [0.15, 0.2) is 0 Å². The fraction of sp³-hybridized carbons (Fsp3) is 0.389. The molecule has 2 N–H and O–H groups in total. The number of amides is 2. The van der Waals surface area contributed by atoms with Crippen molar-refractivity contribution in [3.8, 4) is 5.69 Å². The molecule has 26 heavy (non-hydrogen) atoms. The molecule has 0 saturated heterocycles. The second-order valence-corrected chi connectivity index (χ2v) is 6.19. The number of carbonyl (C=O) groups is 2. The number of hydrogen-bond donors (Lipinski definition) is 2. The van der Waals surface area contributed by atoms with Gasteiger partial charge in [-0.15, -0.1) is 0 Å². The van der Waals surface area contributed by atoms with E-state index in [1.807, 2.05) is 6.92 Å². The van der Waals surface area contributed by atoms with E-state index in [9.17, 15) is 14.0 Å². The number of carboxylic acids is 1. The first-order valence-corrected chi connectivity index (χ1v) is 8.41. The molecule has 1 atom stereocenters. The fourth-order valence-corrected chi connectivity index (χ4v) is 2.54. The van der Waals surface area contributed by atoms with Crippen LogP contribution in [0.2, 0.25) is 0 Å². The minimum atomic E-state index is -0.958. The third kappa shape index (κ3) is 4.59. The van der Waals surface area contributed by atoms with Gasteiger partial charge in [-0.2, -0.15) is 5.10 Å². The van der Waals surface area contributed by atoms with Gasteiger partial charge in [-0.05, 0) is 30.7 Å². The van der Waals surface area contributed by atoms with Crippen molar-refractivity contribution in [3.05, 3.63) is 42.0 Å². The van der Waals surface area contributed by atoms with Crippen LogP contribution in [0.4, 0.5) is 14.9 Å². The number of nitrogens with one attached hydrogen (secondary N) is 1. The van der Waals surface area contributed by atoms with E-state index in [0.717, 1.165) is 12.1 Å². The summed E-state index contributed by atoms with van der Waals surface area (Å²) < 4.78 is 14.8. The minimum Gasteiger partial charge on any atom is -0.481 e. The normalized spacial score (nSPS) is 11.8. The van der Waals surface area contributed by atoms with E-state index in [0.29, 0.717) is 17.8 Å². The van der Waals surface area contributed by atoms with Crippen molar-refractivity contribution in [1.29, 1.82) is 0 Å². The number of carbonyl (C=O) groups excluding carboxylic acids is 1. The average molecular weight is 362 g/mol. The minimum absolute atomic E-state index is 0.0936. The Kier molecular flexibility index (Phi) is 6.32. The lowest BCUT2D eigenvalue weighted by Crippen LogP contribution is -2.36. The Morgan fingerprint density at radius 1 is 1.35 bits per heavy atom. The molecule has 1 unspecified atom stereocenters. The second-order valence-electron chi connectivity index (χ2n) is 6.19. The summed E-state index contributed by atoms with van der Waals surface area (Å²) in [5, 5.41) is 16.0. The number of nitrogens with zero attached hydrogens (tertiary/aromatic N) is 3. The topological polar surface area (TPSA) is 87.5 Å². The van der Waals surface area contributed by atoms with Crippen molar-refractivity contribution >= 4 is 17.7 Å². The maximum absolute atomic E-state index is 13.1. The number of halogens is 1. The van der Waals surface area contributed by atoms with Gasteiger partial charge in [-0.1, -0.05) is 20.3 Å². The van der Waals surface area contributed by atoms with Gasteiger partial charge in [0, 0.05) is 13.6 Å². The second kappa shape index (κ2) is 8.46. The van der Waals surface area contributed by atoms with Gasteiger partial charge >= 0.3 is 12.0 Å². The van der Waals surface area contributed by atoms with Crippen LogP contribution in [0, 0.1) is 11.7 Å². The van der Waals surface area contributed by atoms with Crippen LogP contribution in [0.15, 0.2) is 30.5 Å². The smallest absolute Gasteiger partial charge is 0.321 e. The first kappa shape index (κ1) is 19.4. The van der Waals surface area contributed by atoms with E-state index >= 15 is 0 Å². The number of rotatable bonds is 7. The monoisotopic (exact) mass is 362 g/mol. The molecule has 2 rings (SSSR count). The molecule has 7 nitrogen and oxygen atoms in total. The molecule has 0 bridgehead atoms. The third-order valence-corrected chi connectivity index (χ3v) is 3.98. The van der Waals surface area contributed by atoms with Crippen LogP contribution in [0.5, 0.6) is 0 Å². The van der Waals surface area contributed by atoms with E-state index in [-0.39, 0.29) is 12.4 Å². The van der Waals surface area contributed by atoms with Gasteiger partial charge in [0.25, 0.3) is 0 Å². The molecule has 0 aliphatic carbocycles. The Balaban J connectivity index is 2.20. The lowest BCUT2D eigenvalue weighted by Gasteiger charge is -2.20. The van der Waals surface area contributed by atoms with Crippen LogP contribution in [-0.2, 0) is 11.2 Å². The SMILES string of the molecule is CCCc1c(NC(=O)N(C)CC(C)C(=O)O)cnn1-c1ccc(F)cc1. The standard InChI is InChI=1S/C18H23FN4O3/c1-4-5-16-15(21-18(26)22(3)11-12(2)17(24)25)10-20-23(16)14-8-6-13(19)7-9-14/h6-10,12H,4-5,11H2,1-3H3,(H,21,26)(H,24,25). The number of aliphatic carboxylic acids is 1. The van der Waals surface area contributed by atoms with E-state index in [2.05, 4.69) is 10.4 Å². The molecule has 2 aromatic rings. The Hall–Kier alpha value is -2.90. The molecular weight excluding hydrogens is 339 g/mol. The molecule has 140 valence electrons. The predicted octanol–water partition coefficient (Wildman–Crippen LogP) is 3.15. The molecule has 0 aliphatic rings. The number of urea groups is 1. The lowest BCUT2D eigenvalue weighted by atomic mass is 10.2. The number of aromatic nitrogens is 2. The van der Waals surface area contributed by atoms with Crippen molar-refractivity contribution in [2.24, 2.45) is 5.92 Å². The zero-order valence-corrected chi connectivity index (χ0v) is 15.1. The Morgan fingerprint density at radius 2 is 2.00 bits per heavy atom. The van der Waals surface area contributed by atoms with Crippen LogP contribution < -0.4 is 5.32 Å². The first-order chi connectivity index (χ1) is 12.3. The quantitative estimate of drug-likeness (QED) is 0.792. The molecule has 8 heteroatoms. The Bertz CT molecular complexity index is 773. The predicted molar refractivity (Wildman–Crippen MR) is 96.0 cm³/mol. The lowest BCUT2D eigenvalue weighted by molar-refractivity contribution is -0.141. The molecule has 0 fully saturated rings. The zero-order valence-electron chi connectivity index (χ0n) is 15.1. The number of anilines is 1. The van der Waals surface area contributed by atoms with Gasteiger partial charge in [0.2, 0.25) is 0 Å². The first-order valence-electron chi connectivity index (χ1n) is 8.41. The van der Waals surface area contributed by atoms with Gasteiger partial charge in [-0.25, -0.2) is 13.9 Å². The summed E-state index contributed by atoms with van der Waals surface area (Å²) in [4.78, 5) is 24.6. The number of carboxylic acid groups (broad SMARTS) is 1. The highest BCUT2D eigenvalue weighted by Crippen LogP contribution is 2.22. The molecule has 0 radical (unpaired) electrons. The van der Waals surface area contributed by atoms with Crippen molar-refractivity contribution < 1.29 is 19.1 Å². The fourth-order valence-electron chi connectivity index (χ4n) is 2.54. The van der Waals surface area contributed by atoms with Crippen molar-refractivity contribution in [2.75, 3.05) is 18.9 Å².